The Morgan fingerprint density at radius 2 is 1.67 bits per heavy atom. The number of piperazine rings is 1. The van der Waals surface area contributed by atoms with Crippen LogP contribution in [0.15, 0.2) is 60.8 Å². The van der Waals surface area contributed by atoms with Gasteiger partial charge in [0, 0.05) is 61.6 Å². The number of aromatic nitrogens is 1. The highest BCUT2D eigenvalue weighted by Gasteiger charge is 2.32. The van der Waals surface area contributed by atoms with E-state index in [1.165, 1.54) is 11.8 Å². The standard InChI is InChI=1S/C28H31F3N4O/c29-28(30,31)22-10-11-25-24(18-22)26(12-13-32-25)33-19-20-6-8-21(9-7-20)27(36)35-16-14-34(15-17-35)23-4-2-1-3-5-23/h1-5,10-13,18,20-21H,6-9,14-17,19H2,(H,32,33)/t20-,21-. The number of carbonyl (C=O) groups is 1. The highest BCUT2D eigenvalue weighted by Crippen LogP contribution is 2.34. The number of anilines is 2. The molecular formula is C28H31F3N4O. The fourth-order valence-electron chi connectivity index (χ4n) is 5.43. The third-order valence-electron chi connectivity index (χ3n) is 7.56. The number of nitrogens with zero attached hydrogens (tertiary/aromatic N) is 3. The number of pyridine rings is 1. The summed E-state index contributed by atoms with van der Waals surface area (Å²) in [6.07, 6.45) is 0.818. The van der Waals surface area contributed by atoms with Crippen LogP contribution in [0.5, 0.6) is 0 Å². The number of carbonyl (C=O) groups excluding carboxylic acids is 1. The summed E-state index contributed by atoms with van der Waals surface area (Å²) in [6.45, 7) is 3.89. The second-order valence-electron chi connectivity index (χ2n) is 9.83. The topological polar surface area (TPSA) is 48.5 Å². The number of alkyl halides is 3. The summed E-state index contributed by atoms with van der Waals surface area (Å²) in [4.78, 5) is 21.7. The number of rotatable bonds is 5. The van der Waals surface area contributed by atoms with Crippen LogP contribution in [0.3, 0.4) is 0 Å². The molecule has 5 nitrogen and oxygen atoms in total. The maximum absolute atomic E-state index is 13.2. The lowest BCUT2D eigenvalue weighted by atomic mass is 9.81. The van der Waals surface area contributed by atoms with Crippen molar-refractivity contribution in [2.75, 3.05) is 42.9 Å². The molecule has 0 atom stereocenters. The fourth-order valence-corrected chi connectivity index (χ4v) is 5.43. The van der Waals surface area contributed by atoms with Crippen LogP contribution in [0.1, 0.15) is 31.2 Å². The van der Waals surface area contributed by atoms with Gasteiger partial charge >= 0.3 is 6.18 Å². The van der Waals surface area contributed by atoms with E-state index in [9.17, 15) is 18.0 Å². The Morgan fingerprint density at radius 1 is 0.944 bits per heavy atom. The predicted octanol–water partition coefficient (Wildman–Crippen LogP) is 5.82. The zero-order valence-electron chi connectivity index (χ0n) is 20.2. The number of benzene rings is 2. The lowest BCUT2D eigenvalue weighted by molar-refractivity contribution is -0.138. The Morgan fingerprint density at radius 3 is 2.36 bits per heavy atom. The van der Waals surface area contributed by atoms with Gasteiger partial charge in [-0.05, 0) is 68.0 Å². The molecule has 1 aliphatic carbocycles. The van der Waals surface area contributed by atoms with Gasteiger partial charge in [0.15, 0.2) is 0 Å². The van der Waals surface area contributed by atoms with Crippen molar-refractivity contribution < 1.29 is 18.0 Å². The van der Waals surface area contributed by atoms with E-state index in [0.717, 1.165) is 64.0 Å². The minimum Gasteiger partial charge on any atom is -0.384 e. The van der Waals surface area contributed by atoms with Crippen molar-refractivity contribution in [1.82, 2.24) is 9.88 Å². The molecule has 2 fully saturated rings. The van der Waals surface area contributed by atoms with Crippen LogP contribution in [0, 0.1) is 11.8 Å². The average molecular weight is 497 g/mol. The normalized spacial score (nSPS) is 21.0. The summed E-state index contributed by atoms with van der Waals surface area (Å²) in [5.74, 6) is 0.729. The van der Waals surface area contributed by atoms with E-state index < -0.39 is 11.7 Å². The average Bonchev–Trinajstić information content (AvgIpc) is 2.91. The SMILES string of the molecule is O=C([C@H]1CC[C@H](CNc2ccnc3ccc(C(F)(F)F)cc23)CC1)N1CCN(c2ccccc2)CC1. The molecule has 0 spiro atoms. The monoisotopic (exact) mass is 496 g/mol. The molecule has 8 heteroatoms. The van der Waals surface area contributed by atoms with E-state index in [1.807, 2.05) is 23.1 Å². The zero-order valence-corrected chi connectivity index (χ0v) is 20.2. The quantitative estimate of drug-likeness (QED) is 0.484. The summed E-state index contributed by atoms with van der Waals surface area (Å²) in [5, 5.41) is 3.83. The molecule has 1 saturated carbocycles. The van der Waals surface area contributed by atoms with Gasteiger partial charge in [0.2, 0.25) is 5.91 Å². The van der Waals surface area contributed by atoms with Crippen LogP contribution in [-0.4, -0.2) is 48.5 Å². The molecule has 1 aromatic heterocycles. The Hall–Kier alpha value is -3.29. The molecule has 0 bridgehead atoms. The molecule has 36 heavy (non-hydrogen) atoms. The number of nitrogens with one attached hydrogen (secondary N) is 1. The Labute approximate surface area is 209 Å². The molecule has 1 aliphatic heterocycles. The largest absolute Gasteiger partial charge is 0.416 e. The molecule has 2 aliphatic rings. The lowest BCUT2D eigenvalue weighted by Gasteiger charge is -2.39. The van der Waals surface area contributed by atoms with Crippen molar-refractivity contribution in [3.05, 3.63) is 66.4 Å². The van der Waals surface area contributed by atoms with Crippen molar-refractivity contribution in [2.45, 2.75) is 31.9 Å². The molecule has 190 valence electrons. The van der Waals surface area contributed by atoms with Crippen LogP contribution >= 0.6 is 0 Å². The first-order chi connectivity index (χ1) is 17.4. The first-order valence-electron chi connectivity index (χ1n) is 12.7. The van der Waals surface area contributed by atoms with Gasteiger partial charge in [0.1, 0.15) is 0 Å². The molecule has 2 aromatic carbocycles. The van der Waals surface area contributed by atoms with Crippen LogP contribution in [0.2, 0.25) is 0 Å². The maximum Gasteiger partial charge on any atom is 0.416 e. The second-order valence-corrected chi connectivity index (χ2v) is 9.83. The maximum atomic E-state index is 13.2. The van der Waals surface area contributed by atoms with Gasteiger partial charge in [-0.15, -0.1) is 0 Å². The van der Waals surface area contributed by atoms with Crippen molar-refractivity contribution >= 4 is 28.2 Å². The number of amides is 1. The van der Waals surface area contributed by atoms with Crippen molar-refractivity contribution in [3.8, 4) is 0 Å². The molecule has 1 saturated heterocycles. The summed E-state index contributed by atoms with van der Waals surface area (Å²) in [6, 6.07) is 15.7. The zero-order chi connectivity index (χ0) is 25.1. The highest BCUT2D eigenvalue weighted by molar-refractivity contribution is 5.91. The molecule has 5 rings (SSSR count). The molecule has 3 aromatic rings. The summed E-state index contributed by atoms with van der Waals surface area (Å²) >= 11 is 0. The van der Waals surface area contributed by atoms with E-state index in [2.05, 4.69) is 27.3 Å². The van der Waals surface area contributed by atoms with Crippen LogP contribution in [-0.2, 0) is 11.0 Å². The van der Waals surface area contributed by atoms with E-state index in [4.69, 9.17) is 0 Å². The van der Waals surface area contributed by atoms with E-state index in [-0.39, 0.29) is 11.8 Å². The molecular weight excluding hydrogens is 465 g/mol. The summed E-state index contributed by atoms with van der Waals surface area (Å²) in [5.41, 5.74) is 1.74. The smallest absolute Gasteiger partial charge is 0.384 e. The van der Waals surface area contributed by atoms with Crippen molar-refractivity contribution in [1.29, 1.82) is 0 Å². The Kier molecular flexibility index (Phi) is 7.03. The van der Waals surface area contributed by atoms with E-state index >= 15 is 0 Å². The molecule has 2 heterocycles. The number of hydrogen-bond donors (Lipinski definition) is 1. The second kappa shape index (κ2) is 10.4. The van der Waals surface area contributed by atoms with Gasteiger partial charge in [-0.3, -0.25) is 9.78 Å². The van der Waals surface area contributed by atoms with E-state index in [0.29, 0.717) is 29.1 Å². The van der Waals surface area contributed by atoms with Crippen molar-refractivity contribution in [2.24, 2.45) is 11.8 Å². The summed E-state index contributed by atoms with van der Waals surface area (Å²) in [7, 11) is 0. The van der Waals surface area contributed by atoms with Gasteiger partial charge in [-0.25, -0.2) is 0 Å². The lowest BCUT2D eigenvalue weighted by Crippen LogP contribution is -2.50. The predicted molar refractivity (Wildman–Crippen MR) is 136 cm³/mol. The number of fused-ring (bicyclic) bond motifs is 1. The first-order valence-corrected chi connectivity index (χ1v) is 12.7. The van der Waals surface area contributed by atoms with Crippen LogP contribution in [0.4, 0.5) is 24.5 Å². The fraction of sp³-hybridized carbons (Fsp3) is 0.429. The third kappa shape index (κ3) is 5.42. The number of para-hydroxylation sites is 1. The van der Waals surface area contributed by atoms with Crippen LogP contribution < -0.4 is 10.2 Å². The van der Waals surface area contributed by atoms with Gasteiger partial charge in [-0.1, -0.05) is 18.2 Å². The molecule has 0 unspecified atom stereocenters. The van der Waals surface area contributed by atoms with E-state index in [1.54, 1.807) is 12.3 Å². The van der Waals surface area contributed by atoms with Crippen LogP contribution in [0.25, 0.3) is 10.9 Å². The summed E-state index contributed by atoms with van der Waals surface area (Å²) < 4.78 is 39.6. The minimum absolute atomic E-state index is 0.0700. The third-order valence-corrected chi connectivity index (χ3v) is 7.56. The van der Waals surface area contributed by atoms with Gasteiger partial charge in [-0.2, -0.15) is 13.2 Å². The van der Waals surface area contributed by atoms with Gasteiger partial charge < -0.3 is 15.1 Å². The highest BCUT2D eigenvalue weighted by atomic mass is 19.4. The Bertz CT molecular complexity index is 1180. The van der Waals surface area contributed by atoms with Gasteiger partial charge in [0.05, 0.1) is 11.1 Å². The Balaban J connectivity index is 1.12. The molecule has 1 amide bonds. The first kappa shape index (κ1) is 24.4. The number of hydrogen-bond acceptors (Lipinski definition) is 4. The molecule has 1 N–H and O–H groups in total. The van der Waals surface area contributed by atoms with Crippen molar-refractivity contribution in [3.63, 3.8) is 0 Å². The molecule has 0 radical (unpaired) electrons. The van der Waals surface area contributed by atoms with Gasteiger partial charge in [0.25, 0.3) is 0 Å². The number of halogens is 3. The minimum atomic E-state index is -4.39.